The lowest BCUT2D eigenvalue weighted by atomic mass is 10.00. The van der Waals surface area contributed by atoms with Crippen molar-refractivity contribution < 1.29 is 14.2 Å². The van der Waals surface area contributed by atoms with E-state index in [2.05, 4.69) is 22.1 Å². The lowest BCUT2D eigenvalue weighted by molar-refractivity contribution is 0.114. The van der Waals surface area contributed by atoms with Crippen LogP contribution in [-0.2, 0) is 0 Å². The van der Waals surface area contributed by atoms with Gasteiger partial charge in [-0.3, -0.25) is 4.99 Å². The molecule has 1 aliphatic rings. The number of benzene rings is 1. The van der Waals surface area contributed by atoms with Crippen molar-refractivity contribution in [3.05, 3.63) is 30.1 Å². The molecule has 0 aliphatic carbocycles. The highest BCUT2D eigenvalue weighted by atomic mass is 19.1. The average molecular weight is 337 g/mol. The van der Waals surface area contributed by atoms with Gasteiger partial charge in [0.2, 0.25) is 0 Å². The smallest absolute Gasteiger partial charge is 0.194 e. The molecule has 134 valence electrons. The molecule has 1 aliphatic heterocycles. The van der Waals surface area contributed by atoms with Gasteiger partial charge in [0.15, 0.2) is 5.96 Å². The van der Waals surface area contributed by atoms with Crippen LogP contribution in [0, 0.1) is 11.7 Å². The first kappa shape index (κ1) is 18.5. The number of aliphatic hydroxyl groups excluding tert-OH is 1. The monoisotopic (exact) mass is 337 g/mol. The molecule has 0 aromatic heterocycles. The summed E-state index contributed by atoms with van der Waals surface area (Å²) in [7, 11) is 0. The van der Waals surface area contributed by atoms with Gasteiger partial charge in [-0.2, -0.15) is 0 Å². The fourth-order valence-electron chi connectivity index (χ4n) is 2.61. The van der Waals surface area contributed by atoms with Gasteiger partial charge in [-0.05, 0) is 49.9 Å². The quantitative estimate of drug-likeness (QED) is 0.618. The molecular formula is C18H28FN3O2. The maximum Gasteiger partial charge on any atom is 0.194 e. The number of halogens is 1. The minimum Gasteiger partial charge on any atom is -0.491 e. The number of nitrogens with one attached hydrogen (secondary N) is 1. The Kier molecular flexibility index (Phi) is 7.31. The Morgan fingerprint density at radius 2 is 2.04 bits per heavy atom. The van der Waals surface area contributed by atoms with E-state index in [0.717, 1.165) is 31.5 Å². The molecule has 0 radical (unpaired) electrons. The van der Waals surface area contributed by atoms with Crippen LogP contribution in [0.3, 0.4) is 0 Å². The van der Waals surface area contributed by atoms with E-state index in [0.29, 0.717) is 5.75 Å². The summed E-state index contributed by atoms with van der Waals surface area (Å²) < 4.78 is 18.3. The van der Waals surface area contributed by atoms with Crippen molar-refractivity contribution in [3.63, 3.8) is 0 Å². The van der Waals surface area contributed by atoms with Crippen LogP contribution in [0.5, 0.6) is 5.75 Å². The van der Waals surface area contributed by atoms with Crippen LogP contribution in [0.1, 0.15) is 26.7 Å². The lowest BCUT2D eigenvalue weighted by Gasteiger charge is -2.33. The van der Waals surface area contributed by atoms with E-state index in [4.69, 9.17) is 4.74 Å². The van der Waals surface area contributed by atoms with Crippen molar-refractivity contribution in [3.8, 4) is 5.75 Å². The van der Waals surface area contributed by atoms with Crippen molar-refractivity contribution in [2.75, 3.05) is 32.8 Å². The van der Waals surface area contributed by atoms with E-state index < -0.39 is 6.10 Å². The number of hydrogen-bond acceptors (Lipinski definition) is 3. The van der Waals surface area contributed by atoms with Crippen LogP contribution in [0.2, 0.25) is 0 Å². The molecule has 5 nitrogen and oxygen atoms in total. The first-order valence-corrected chi connectivity index (χ1v) is 8.68. The minimum absolute atomic E-state index is 0.131. The molecule has 1 aromatic rings. The van der Waals surface area contributed by atoms with Gasteiger partial charge in [0.25, 0.3) is 0 Å². The van der Waals surface area contributed by atoms with Crippen molar-refractivity contribution >= 4 is 5.96 Å². The maximum absolute atomic E-state index is 12.8. The molecule has 1 fully saturated rings. The van der Waals surface area contributed by atoms with Gasteiger partial charge in [0.05, 0.1) is 6.54 Å². The molecule has 6 heteroatoms. The van der Waals surface area contributed by atoms with E-state index >= 15 is 0 Å². The molecule has 0 saturated carbocycles. The molecule has 24 heavy (non-hydrogen) atoms. The molecule has 2 rings (SSSR count). The number of nitrogens with zero attached hydrogens (tertiary/aromatic N) is 2. The molecule has 1 aromatic carbocycles. The van der Waals surface area contributed by atoms with Gasteiger partial charge in [-0.25, -0.2) is 4.39 Å². The summed E-state index contributed by atoms with van der Waals surface area (Å²) in [6.07, 6.45) is 1.63. The van der Waals surface area contributed by atoms with E-state index in [9.17, 15) is 9.50 Å². The topological polar surface area (TPSA) is 57.1 Å². The van der Waals surface area contributed by atoms with Gasteiger partial charge in [-0.1, -0.05) is 6.92 Å². The summed E-state index contributed by atoms with van der Waals surface area (Å²) in [4.78, 5) is 6.78. The Hall–Kier alpha value is -1.82. The fourth-order valence-corrected chi connectivity index (χ4v) is 2.61. The molecule has 1 atom stereocenters. The van der Waals surface area contributed by atoms with E-state index in [1.807, 2.05) is 6.92 Å². The molecular weight excluding hydrogens is 309 g/mol. The Morgan fingerprint density at radius 3 is 2.67 bits per heavy atom. The molecule has 0 amide bonds. The Balaban J connectivity index is 1.82. The van der Waals surface area contributed by atoms with Crippen LogP contribution in [-0.4, -0.2) is 54.9 Å². The normalized spacial score (nSPS) is 17.7. The highest BCUT2D eigenvalue weighted by Gasteiger charge is 2.18. The summed E-state index contributed by atoms with van der Waals surface area (Å²) >= 11 is 0. The lowest BCUT2D eigenvalue weighted by Crippen LogP contribution is -2.45. The maximum atomic E-state index is 12.8. The Morgan fingerprint density at radius 1 is 1.38 bits per heavy atom. The first-order valence-electron chi connectivity index (χ1n) is 8.68. The third kappa shape index (κ3) is 6.00. The third-order valence-electron chi connectivity index (χ3n) is 4.13. The minimum atomic E-state index is -0.701. The van der Waals surface area contributed by atoms with Crippen molar-refractivity contribution in [1.29, 1.82) is 0 Å². The zero-order chi connectivity index (χ0) is 17.4. The van der Waals surface area contributed by atoms with Gasteiger partial charge in [-0.15, -0.1) is 0 Å². The molecule has 0 spiro atoms. The van der Waals surface area contributed by atoms with Crippen LogP contribution in [0.15, 0.2) is 29.3 Å². The second-order valence-corrected chi connectivity index (χ2v) is 6.28. The van der Waals surface area contributed by atoms with Crippen LogP contribution in [0.25, 0.3) is 0 Å². The summed E-state index contributed by atoms with van der Waals surface area (Å²) in [5, 5.41) is 13.4. The number of aliphatic hydroxyl groups is 1. The first-order chi connectivity index (χ1) is 11.6. The third-order valence-corrected chi connectivity index (χ3v) is 4.13. The molecule has 1 saturated heterocycles. The number of hydrogen-bond donors (Lipinski definition) is 2. The number of rotatable bonds is 6. The van der Waals surface area contributed by atoms with Gasteiger partial charge in [0, 0.05) is 19.6 Å². The number of piperidine rings is 1. The summed E-state index contributed by atoms with van der Waals surface area (Å²) in [6, 6.07) is 5.76. The van der Waals surface area contributed by atoms with Crippen molar-refractivity contribution in [2.45, 2.75) is 32.8 Å². The van der Waals surface area contributed by atoms with Crippen molar-refractivity contribution in [2.24, 2.45) is 10.9 Å². The van der Waals surface area contributed by atoms with E-state index in [-0.39, 0.29) is 19.0 Å². The number of ether oxygens (including phenoxy) is 1. The summed E-state index contributed by atoms with van der Waals surface area (Å²) in [5.74, 6) is 1.85. The molecule has 0 bridgehead atoms. The van der Waals surface area contributed by atoms with Crippen LogP contribution >= 0.6 is 0 Å². The largest absolute Gasteiger partial charge is 0.491 e. The number of guanidine groups is 1. The van der Waals surface area contributed by atoms with Crippen molar-refractivity contribution in [1.82, 2.24) is 10.2 Å². The number of aliphatic imine (C=N–C) groups is 1. The molecule has 2 N–H and O–H groups in total. The van der Waals surface area contributed by atoms with E-state index in [1.54, 1.807) is 12.1 Å². The highest BCUT2D eigenvalue weighted by Crippen LogP contribution is 2.16. The van der Waals surface area contributed by atoms with Crippen LogP contribution in [0.4, 0.5) is 4.39 Å². The fraction of sp³-hybridized carbons (Fsp3) is 0.611. The highest BCUT2D eigenvalue weighted by molar-refractivity contribution is 5.80. The zero-order valence-corrected chi connectivity index (χ0v) is 14.5. The Labute approximate surface area is 143 Å². The van der Waals surface area contributed by atoms with Crippen LogP contribution < -0.4 is 10.1 Å². The van der Waals surface area contributed by atoms with Gasteiger partial charge >= 0.3 is 0 Å². The predicted octanol–water partition coefficient (Wildman–Crippen LogP) is 2.26. The van der Waals surface area contributed by atoms with E-state index in [1.165, 1.54) is 25.0 Å². The zero-order valence-electron chi connectivity index (χ0n) is 14.5. The number of likely N-dealkylation sites (tertiary alicyclic amines) is 1. The molecule has 1 unspecified atom stereocenters. The van der Waals surface area contributed by atoms with Gasteiger partial charge < -0.3 is 20.1 Å². The Bertz CT molecular complexity index is 514. The SMILES string of the molecule is CCNC(=NCC(O)COc1ccc(F)cc1)N1CCC(C)CC1. The summed E-state index contributed by atoms with van der Waals surface area (Å²) in [5.41, 5.74) is 0. The average Bonchev–Trinajstić information content (AvgIpc) is 2.59. The second-order valence-electron chi connectivity index (χ2n) is 6.28. The van der Waals surface area contributed by atoms with Gasteiger partial charge in [0.1, 0.15) is 24.3 Å². The summed E-state index contributed by atoms with van der Waals surface area (Å²) in [6.45, 7) is 7.51. The standard InChI is InChI=1S/C18H28FN3O2/c1-3-20-18(22-10-8-14(2)9-11-22)21-12-16(23)13-24-17-6-4-15(19)5-7-17/h4-7,14,16,23H,3,8-13H2,1-2H3,(H,20,21). The second kappa shape index (κ2) is 9.47. The molecule has 1 heterocycles. The predicted molar refractivity (Wildman–Crippen MR) is 93.9 cm³/mol.